The van der Waals surface area contributed by atoms with E-state index in [9.17, 15) is 9.59 Å². The number of carbonyl (C=O) groups is 2. The molecule has 0 saturated carbocycles. The highest BCUT2D eigenvalue weighted by atomic mass is 16.6. The van der Waals surface area contributed by atoms with Crippen molar-refractivity contribution in [2.24, 2.45) is 5.73 Å². The van der Waals surface area contributed by atoms with Crippen molar-refractivity contribution in [2.45, 2.75) is 13.0 Å². The second-order valence-electron chi connectivity index (χ2n) is 5.88. The Balaban J connectivity index is 1.62. The molecule has 3 N–H and O–H groups in total. The Morgan fingerprint density at radius 3 is 2.50 bits per heavy atom. The van der Waals surface area contributed by atoms with Crippen molar-refractivity contribution in [3.63, 3.8) is 0 Å². The summed E-state index contributed by atoms with van der Waals surface area (Å²) in [7, 11) is 0. The fraction of sp³-hybridized carbons (Fsp3) is 0.263. The normalized spacial score (nSPS) is 13.6. The molecular formula is C19H20N2O5. The third kappa shape index (κ3) is 4.24. The molecule has 3 rings (SSSR count). The summed E-state index contributed by atoms with van der Waals surface area (Å²) in [6, 6.07) is 11.9. The molecule has 26 heavy (non-hydrogen) atoms. The molecule has 1 unspecified atom stereocenters. The van der Waals surface area contributed by atoms with Gasteiger partial charge in [0.05, 0.1) is 6.04 Å². The monoisotopic (exact) mass is 356 g/mol. The minimum atomic E-state index is -0.555. The summed E-state index contributed by atoms with van der Waals surface area (Å²) in [6.07, 6.45) is 0. The predicted molar refractivity (Wildman–Crippen MR) is 94.4 cm³/mol. The topological polar surface area (TPSA) is 99.9 Å². The van der Waals surface area contributed by atoms with Crippen LogP contribution < -0.4 is 25.3 Å². The van der Waals surface area contributed by atoms with Crippen LogP contribution in [0.1, 0.15) is 28.9 Å². The van der Waals surface area contributed by atoms with Gasteiger partial charge >= 0.3 is 0 Å². The fourth-order valence-corrected chi connectivity index (χ4v) is 2.55. The van der Waals surface area contributed by atoms with Crippen LogP contribution in [-0.2, 0) is 4.79 Å². The van der Waals surface area contributed by atoms with Crippen LogP contribution in [0.25, 0.3) is 0 Å². The largest absolute Gasteiger partial charge is 0.486 e. The van der Waals surface area contributed by atoms with E-state index in [0.29, 0.717) is 36.0 Å². The number of hydrogen-bond donors (Lipinski definition) is 2. The molecule has 136 valence electrons. The van der Waals surface area contributed by atoms with E-state index >= 15 is 0 Å². The molecule has 1 aliphatic heterocycles. The maximum atomic E-state index is 12.4. The number of fused-ring (bicyclic) bond motifs is 1. The molecule has 0 saturated heterocycles. The number of hydrogen-bond acceptors (Lipinski definition) is 5. The first-order valence-electron chi connectivity index (χ1n) is 8.24. The first kappa shape index (κ1) is 17.6. The summed E-state index contributed by atoms with van der Waals surface area (Å²) in [5.74, 6) is 1.10. The Bertz CT molecular complexity index is 804. The lowest BCUT2D eigenvalue weighted by atomic mass is 10.1. The number of carbonyl (C=O) groups excluding carboxylic acids is 2. The van der Waals surface area contributed by atoms with Crippen LogP contribution in [0.15, 0.2) is 42.5 Å². The van der Waals surface area contributed by atoms with Gasteiger partial charge in [-0.15, -0.1) is 0 Å². The van der Waals surface area contributed by atoms with Gasteiger partial charge in [-0.2, -0.15) is 0 Å². The van der Waals surface area contributed by atoms with Crippen LogP contribution in [0.5, 0.6) is 17.2 Å². The van der Waals surface area contributed by atoms with Crippen molar-refractivity contribution < 1.29 is 23.8 Å². The quantitative estimate of drug-likeness (QED) is 0.822. The minimum Gasteiger partial charge on any atom is -0.486 e. The summed E-state index contributed by atoms with van der Waals surface area (Å²) < 4.78 is 16.2. The van der Waals surface area contributed by atoms with Gasteiger partial charge in [0.2, 0.25) is 0 Å². The van der Waals surface area contributed by atoms with Crippen molar-refractivity contribution in [1.82, 2.24) is 5.32 Å². The van der Waals surface area contributed by atoms with E-state index in [0.717, 1.165) is 5.56 Å². The van der Waals surface area contributed by atoms with E-state index in [-0.39, 0.29) is 18.6 Å². The average Bonchev–Trinajstić information content (AvgIpc) is 2.66. The van der Waals surface area contributed by atoms with Crippen molar-refractivity contribution in [3.8, 4) is 17.2 Å². The highest BCUT2D eigenvalue weighted by molar-refractivity contribution is 5.94. The van der Waals surface area contributed by atoms with Gasteiger partial charge in [-0.3, -0.25) is 9.59 Å². The first-order valence-corrected chi connectivity index (χ1v) is 8.24. The van der Waals surface area contributed by atoms with E-state index < -0.39 is 5.91 Å². The third-order valence-electron chi connectivity index (χ3n) is 3.91. The highest BCUT2D eigenvalue weighted by Gasteiger charge is 2.16. The Hall–Kier alpha value is -3.22. The van der Waals surface area contributed by atoms with Crippen molar-refractivity contribution in [1.29, 1.82) is 0 Å². The Morgan fingerprint density at radius 2 is 1.81 bits per heavy atom. The summed E-state index contributed by atoms with van der Waals surface area (Å²) in [5.41, 5.74) is 6.43. The molecule has 7 nitrogen and oxygen atoms in total. The summed E-state index contributed by atoms with van der Waals surface area (Å²) in [6.45, 7) is 2.75. The standard InChI is InChI=1S/C19H20N2O5/c1-12(14-4-7-16-17(10-14)25-9-8-24-16)21-19(23)13-2-5-15(6-3-13)26-11-18(20)22/h2-7,10,12H,8-9,11H2,1H3,(H2,20,22)(H,21,23). The molecule has 0 aliphatic carbocycles. The van der Waals surface area contributed by atoms with Crippen LogP contribution in [-0.4, -0.2) is 31.6 Å². The van der Waals surface area contributed by atoms with Crippen molar-refractivity contribution in [2.75, 3.05) is 19.8 Å². The number of benzene rings is 2. The summed E-state index contributed by atoms with van der Waals surface area (Å²) >= 11 is 0. The molecule has 1 heterocycles. The van der Waals surface area contributed by atoms with Crippen molar-refractivity contribution in [3.05, 3.63) is 53.6 Å². The van der Waals surface area contributed by atoms with E-state index in [2.05, 4.69) is 5.32 Å². The summed E-state index contributed by atoms with van der Waals surface area (Å²) in [5, 5.41) is 2.94. The molecule has 0 fully saturated rings. The van der Waals surface area contributed by atoms with Gasteiger partial charge in [0, 0.05) is 5.56 Å². The number of nitrogens with one attached hydrogen (secondary N) is 1. The van der Waals surface area contributed by atoms with Gasteiger partial charge < -0.3 is 25.3 Å². The molecule has 0 spiro atoms. The predicted octanol–water partition coefficient (Wildman–Crippen LogP) is 1.81. The number of ether oxygens (including phenoxy) is 3. The number of nitrogens with two attached hydrogens (primary N) is 1. The molecule has 2 amide bonds. The molecule has 2 aromatic rings. The molecule has 0 bridgehead atoms. The SMILES string of the molecule is CC(NC(=O)c1ccc(OCC(N)=O)cc1)c1ccc2c(c1)OCCO2. The third-order valence-corrected chi connectivity index (χ3v) is 3.91. The lowest BCUT2D eigenvalue weighted by Crippen LogP contribution is -2.26. The molecule has 1 atom stereocenters. The lowest BCUT2D eigenvalue weighted by Gasteiger charge is -2.21. The second-order valence-corrected chi connectivity index (χ2v) is 5.88. The van der Waals surface area contributed by atoms with Gasteiger partial charge in [-0.25, -0.2) is 0 Å². The first-order chi connectivity index (χ1) is 12.5. The molecule has 2 aromatic carbocycles. The maximum absolute atomic E-state index is 12.4. The Labute approximate surface area is 151 Å². The van der Waals surface area contributed by atoms with E-state index in [4.69, 9.17) is 19.9 Å². The van der Waals surface area contributed by atoms with Gasteiger partial charge in [0.15, 0.2) is 18.1 Å². The average molecular weight is 356 g/mol. The summed E-state index contributed by atoms with van der Waals surface area (Å²) in [4.78, 5) is 23.1. The van der Waals surface area contributed by atoms with Crippen LogP contribution in [0.2, 0.25) is 0 Å². The highest BCUT2D eigenvalue weighted by Crippen LogP contribution is 2.32. The lowest BCUT2D eigenvalue weighted by molar-refractivity contribution is -0.119. The van der Waals surface area contributed by atoms with E-state index in [1.807, 2.05) is 25.1 Å². The molecule has 0 radical (unpaired) electrons. The van der Waals surface area contributed by atoms with E-state index in [1.54, 1.807) is 24.3 Å². The fourth-order valence-electron chi connectivity index (χ4n) is 2.55. The van der Waals surface area contributed by atoms with E-state index in [1.165, 1.54) is 0 Å². The molecule has 7 heteroatoms. The maximum Gasteiger partial charge on any atom is 0.255 e. The molecule has 0 aromatic heterocycles. The molecular weight excluding hydrogens is 336 g/mol. The van der Waals surface area contributed by atoms with Crippen LogP contribution in [0.3, 0.4) is 0 Å². The smallest absolute Gasteiger partial charge is 0.255 e. The van der Waals surface area contributed by atoms with Gasteiger partial charge in [-0.05, 0) is 48.9 Å². The zero-order valence-corrected chi connectivity index (χ0v) is 14.4. The van der Waals surface area contributed by atoms with Crippen molar-refractivity contribution >= 4 is 11.8 Å². The minimum absolute atomic E-state index is 0.202. The Kier molecular flexibility index (Phi) is 5.26. The number of amides is 2. The van der Waals surface area contributed by atoms with Gasteiger partial charge in [-0.1, -0.05) is 6.07 Å². The van der Waals surface area contributed by atoms with Gasteiger partial charge in [0.1, 0.15) is 19.0 Å². The van der Waals surface area contributed by atoms with Crippen LogP contribution >= 0.6 is 0 Å². The number of primary amides is 1. The second kappa shape index (κ2) is 7.77. The van der Waals surface area contributed by atoms with Crippen LogP contribution in [0, 0.1) is 0 Å². The zero-order valence-electron chi connectivity index (χ0n) is 14.4. The zero-order chi connectivity index (χ0) is 18.5. The number of rotatable bonds is 6. The van der Waals surface area contributed by atoms with Gasteiger partial charge in [0.25, 0.3) is 11.8 Å². The molecule has 1 aliphatic rings. The van der Waals surface area contributed by atoms with Crippen LogP contribution in [0.4, 0.5) is 0 Å². The Morgan fingerprint density at radius 1 is 1.12 bits per heavy atom.